The van der Waals surface area contributed by atoms with Gasteiger partial charge in [0.25, 0.3) is 0 Å². The molecule has 0 N–H and O–H groups in total. The molecule has 0 radical (unpaired) electrons. The number of morpholine rings is 1. The van der Waals surface area contributed by atoms with Gasteiger partial charge in [0.2, 0.25) is 0 Å². The highest BCUT2D eigenvalue weighted by molar-refractivity contribution is 5.81. The standard InChI is InChI=1S/C20H19N5O/c1-13-11-25(12-14(2)26-13)20-5-3-4-17(24-20)18-7-6-15-10-22-16(9-21)8-19(15)23-18/h3-8,10,13-14H,11-12H2,1-2H3/t13-,14+. The van der Waals surface area contributed by atoms with Crippen molar-refractivity contribution < 1.29 is 4.74 Å². The Morgan fingerprint density at radius 2 is 1.85 bits per heavy atom. The van der Waals surface area contributed by atoms with E-state index in [-0.39, 0.29) is 12.2 Å². The molecule has 4 rings (SSSR count). The fourth-order valence-electron chi connectivity index (χ4n) is 3.33. The molecular weight excluding hydrogens is 326 g/mol. The number of fused-ring (bicyclic) bond motifs is 1. The van der Waals surface area contributed by atoms with E-state index in [0.29, 0.717) is 5.69 Å². The average Bonchev–Trinajstić information content (AvgIpc) is 2.66. The first-order valence-corrected chi connectivity index (χ1v) is 8.67. The molecule has 0 unspecified atom stereocenters. The first kappa shape index (κ1) is 16.4. The molecule has 2 atom stereocenters. The number of anilines is 1. The molecule has 0 amide bonds. The summed E-state index contributed by atoms with van der Waals surface area (Å²) in [6.45, 7) is 5.81. The summed E-state index contributed by atoms with van der Waals surface area (Å²) in [5.74, 6) is 0.929. The molecule has 0 aromatic carbocycles. The van der Waals surface area contributed by atoms with Gasteiger partial charge >= 0.3 is 0 Å². The summed E-state index contributed by atoms with van der Waals surface area (Å²) in [5.41, 5.74) is 2.70. The Labute approximate surface area is 152 Å². The highest BCUT2D eigenvalue weighted by Gasteiger charge is 2.23. The predicted octanol–water partition coefficient (Wildman–Crippen LogP) is 3.18. The van der Waals surface area contributed by atoms with Crippen LogP contribution in [0.1, 0.15) is 19.5 Å². The van der Waals surface area contributed by atoms with E-state index in [9.17, 15) is 0 Å². The lowest BCUT2D eigenvalue weighted by Gasteiger charge is -2.36. The second-order valence-electron chi connectivity index (χ2n) is 6.61. The maximum Gasteiger partial charge on any atom is 0.142 e. The quantitative estimate of drug-likeness (QED) is 0.710. The Morgan fingerprint density at radius 3 is 2.62 bits per heavy atom. The Balaban J connectivity index is 1.70. The monoisotopic (exact) mass is 345 g/mol. The first-order valence-electron chi connectivity index (χ1n) is 8.67. The van der Waals surface area contributed by atoms with Crippen molar-refractivity contribution in [2.75, 3.05) is 18.0 Å². The van der Waals surface area contributed by atoms with Gasteiger partial charge in [0.1, 0.15) is 17.6 Å². The molecule has 0 spiro atoms. The number of pyridine rings is 3. The van der Waals surface area contributed by atoms with Crippen molar-refractivity contribution >= 4 is 16.7 Å². The van der Waals surface area contributed by atoms with Gasteiger partial charge in [-0.25, -0.2) is 15.0 Å². The van der Waals surface area contributed by atoms with E-state index in [0.717, 1.165) is 41.2 Å². The van der Waals surface area contributed by atoms with E-state index in [1.54, 1.807) is 12.3 Å². The zero-order valence-electron chi connectivity index (χ0n) is 14.8. The molecule has 3 aromatic heterocycles. The SMILES string of the molecule is C[C@@H]1CN(c2cccc(-c3ccc4cnc(C#N)cc4n3)n2)C[C@H](C)O1. The maximum absolute atomic E-state index is 9.04. The zero-order chi connectivity index (χ0) is 18.1. The van der Waals surface area contributed by atoms with Crippen molar-refractivity contribution in [2.24, 2.45) is 0 Å². The highest BCUT2D eigenvalue weighted by atomic mass is 16.5. The summed E-state index contributed by atoms with van der Waals surface area (Å²) in [5, 5.41) is 9.94. The van der Waals surface area contributed by atoms with Crippen molar-refractivity contribution in [2.45, 2.75) is 26.1 Å². The molecule has 1 saturated heterocycles. The fourth-order valence-corrected chi connectivity index (χ4v) is 3.33. The Kier molecular flexibility index (Phi) is 4.23. The third-order valence-electron chi connectivity index (χ3n) is 4.43. The van der Waals surface area contributed by atoms with Crippen LogP contribution in [0.2, 0.25) is 0 Å². The molecule has 1 fully saturated rings. The van der Waals surface area contributed by atoms with Crippen LogP contribution < -0.4 is 4.90 Å². The molecular formula is C20H19N5O. The largest absolute Gasteiger partial charge is 0.372 e. The van der Waals surface area contributed by atoms with Crippen LogP contribution in [-0.4, -0.2) is 40.2 Å². The maximum atomic E-state index is 9.04. The van der Waals surface area contributed by atoms with Crippen molar-refractivity contribution in [3.8, 4) is 17.5 Å². The number of aromatic nitrogens is 3. The number of hydrogen-bond acceptors (Lipinski definition) is 6. The minimum Gasteiger partial charge on any atom is -0.372 e. The van der Waals surface area contributed by atoms with Gasteiger partial charge in [0.15, 0.2) is 0 Å². The van der Waals surface area contributed by atoms with Gasteiger partial charge in [-0.3, -0.25) is 0 Å². The molecule has 6 nitrogen and oxygen atoms in total. The van der Waals surface area contributed by atoms with Crippen molar-refractivity contribution in [1.82, 2.24) is 15.0 Å². The molecule has 6 heteroatoms. The molecule has 3 aromatic rings. The zero-order valence-corrected chi connectivity index (χ0v) is 14.8. The molecule has 4 heterocycles. The lowest BCUT2D eigenvalue weighted by Crippen LogP contribution is -2.45. The van der Waals surface area contributed by atoms with E-state index in [2.05, 4.69) is 34.8 Å². The van der Waals surface area contributed by atoms with Crippen LogP contribution in [0.3, 0.4) is 0 Å². The van der Waals surface area contributed by atoms with Crippen LogP contribution >= 0.6 is 0 Å². The van der Waals surface area contributed by atoms with Crippen LogP contribution in [0.5, 0.6) is 0 Å². The van der Waals surface area contributed by atoms with Crippen molar-refractivity contribution in [3.63, 3.8) is 0 Å². The lowest BCUT2D eigenvalue weighted by atomic mass is 10.2. The van der Waals surface area contributed by atoms with Gasteiger partial charge in [0.05, 0.1) is 29.1 Å². The van der Waals surface area contributed by atoms with Crippen LogP contribution in [0, 0.1) is 11.3 Å². The van der Waals surface area contributed by atoms with Gasteiger partial charge in [-0.15, -0.1) is 0 Å². The summed E-state index contributed by atoms with van der Waals surface area (Å²) < 4.78 is 5.81. The van der Waals surface area contributed by atoms with E-state index in [4.69, 9.17) is 15.0 Å². The summed E-state index contributed by atoms with van der Waals surface area (Å²) in [4.78, 5) is 15.8. The third kappa shape index (κ3) is 3.22. The van der Waals surface area contributed by atoms with Crippen LogP contribution in [-0.2, 0) is 4.74 Å². The van der Waals surface area contributed by atoms with Gasteiger partial charge in [-0.05, 0) is 38.1 Å². The molecule has 130 valence electrons. The van der Waals surface area contributed by atoms with Gasteiger partial charge in [0, 0.05) is 30.7 Å². The summed E-state index contributed by atoms with van der Waals surface area (Å²) >= 11 is 0. The van der Waals surface area contributed by atoms with Gasteiger partial charge in [-0.2, -0.15) is 5.26 Å². The second kappa shape index (κ2) is 6.70. The Hall–Kier alpha value is -3.04. The first-order chi connectivity index (χ1) is 12.6. The van der Waals surface area contributed by atoms with Crippen LogP contribution in [0.25, 0.3) is 22.3 Å². The van der Waals surface area contributed by atoms with Crippen molar-refractivity contribution in [1.29, 1.82) is 5.26 Å². The number of hydrogen-bond donors (Lipinski definition) is 0. The molecule has 1 aliphatic heterocycles. The summed E-state index contributed by atoms with van der Waals surface area (Å²) in [7, 11) is 0. The molecule has 0 bridgehead atoms. The number of rotatable bonds is 2. The molecule has 26 heavy (non-hydrogen) atoms. The van der Waals surface area contributed by atoms with Crippen molar-refractivity contribution in [3.05, 3.63) is 48.3 Å². The van der Waals surface area contributed by atoms with E-state index >= 15 is 0 Å². The average molecular weight is 345 g/mol. The smallest absolute Gasteiger partial charge is 0.142 e. The summed E-state index contributed by atoms with van der Waals surface area (Å²) in [6.07, 6.45) is 2.03. The van der Waals surface area contributed by atoms with Gasteiger partial charge in [-0.1, -0.05) is 6.07 Å². The Bertz CT molecular complexity index is 987. The van der Waals surface area contributed by atoms with Gasteiger partial charge < -0.3 is 9.64 Å². The fraction of sp³-hybridized carbons (Fsp3) is 0.300. The third-order valence-corrected chi connectivity index (χ3v) is 4.43. The lowest BCUT2D eigenvalue weighted by molar-refractivity contribution is -0.00545. The molecule has 0 aliphatic carbocycles. The number of nitrogens with zero attached hydrogens (tertiary/aromatic N) is 5. The highest BCUT2D eigenvalue weighted by Crippen LogP contribution is 2.24. The molecule has 1 aliphatic rings. The summed E-state index contributed by atoms with van der Waals surface area (Å²) in [6, 6.07) is 13.6. The normalized spacial score (nSPS) is 20.1. The molecule has 0 saturated carbocycles. The van der Waals surface area contributed by atoms with Crippen LogP contribution in [0.4, 0.5) is 5.82 Å². The van der Waals surface area contributed by atoms with E-state index in [1.807, 2.05) is 30.3 Å². The Morgan fingerprint density at radius 1 is 1.08 bits per heavy atom. The minimum atomic E-state index is 0.180. The number of ether oxygens (including phenoxy) is 1. The number of nitriles is 1. The van der Waals surface area contributed by atoms with Crippen LogP contribution in [0.15, 0.2) is 42.6 Å². The second-order valence-corrected chi connectivity index (χ2v) is 6.61. The topological polar surface area (TPSA) is 74.9 Å². The predicted molar refractivity (Wildman–Crippen MR) is 99.7 cm³/mol. The minimum absolute atomic E-state index is 0.180. The van der Waals surface area contributed by atoms with E-state index < -0.39 is 0 Å². The van der Waals surface area contributed by atoms with E-state index in [1.165, 1.54) is 0 Å².